The average molecular weight is 476 g/mol. The van der Waals surface area contributed by atoms with Gasteiger partial charge in [-0.3, -0.25) is 4.79 Å². The molecule has 188 valence electrons. The quantitative estimate of drug-likeness (QED) is 0.519. The molecule has 1 aromatic carbocycles. The van der Waals surface area contributed by atoms with E-state index in [1.807, 2.05) is 13.0 Å². The molecule has 1 amide bonds. The molecule has 0 aromatic heterocycles. The van der Waals surface area contributed by atoms with Crippen molar-refractivity contribution >= 4 is 5.91 Å². The Kier molecular flexibility index (Phi) is 8.77. The van der Waals surface area contributed by atoms with Gasteiger partial charge < -0.3 is 16.0 Å². The normalized spacial score (nSPS) is 37.7. The monoisotopic (exact) mass is 475 g/mol. The van der Waals surface area contributed by atoms with Crippen LogP contribution in [0.2, 0.25) is 0 Å². The maximum absolute atomic E-state index is 13.3. The van der Waals surface area contributed by atoms with E-state index in [1.165, 1.54) is 76.3 Å². The van der Waals surface area contributed by atoms with Crippen LogP contribution in [0.25, 0.3) is 0 Å². The van der Waals surface area contributed by atoms with Crippen LogP contribution in [0.4, 0.5) is 4.39 Å². The molecule has 1 N–H and O–H groups in total. The molecule has 1 aromatic rings. The number of fused-ring (bicyclic) bond motifs is 5. The van der Waals surface area contributed by atoms with Crippen LogP contribution < -0.4 is 24.2 Å². The number of hydrogen-bond acceptors (Lipinski definition) is 2. The van der Waals surface area contributed by atoms with Crippen molar-refractivity contribution in [2.45, 2.75) is 84.1 Å². The molecule has 2 unspecified atom stereocenters. The number of benzene rings is 1. The van der Waals surface area contributed by atoms with Crippen LogP contribution in [-0.4, -0.2) is 25.7 Å². The zero-order valence-corrected chi connectivity index (χ0v) is 22.3. The van der Waals surface area contributed by atoms with Gasteiger partial charge in [-0.2, -0.15) is 18.8 Å². The molecule has 5 rings (SSSR count). The van der Waals surface area contributed by atoms with Crippen LogP contribution >= 0.6 is 0 Å². The van der Waals surface area contributed by atoms with E-state index < -0.39 is 0 Å². The molecule has 3 nitrogen and oxygen atoms in total. The van der Waals surface area contributed by atoms with Crippen molar-refractivity contribution in [2.24, 2.45) is 40.9 Å². The summed E-state index contributed by atoms with van der Waals surface area (Å²) >= 11 is 0. The van der Waals surface area contributed by atoms with Crippen molar-refractivity contribution in [3.63, 3.8) is 0 Å². The second kappa shape index (κ2) is 11.3. The molecule has 4 fully saturated rings. The Hall–Kier alpha value is -0.823. The summed E-state index contributed by atoms with van der Waals surface area (Å²) in [7, 11) is 1.85. The summed E-state index contributed by atoms with van der Waals surface area (Å²) in [6.45, 7) is 5.68. The average Bonchev–Trinajstić information content (AvgIpc) is 2.83. The van der Waals surface area contributed by atoms with Crippen LogP contribution in [0.5, 0.6) is 0 Å². The number of hydrogen-bond donors (Lipinski definition) is 1. The number of rotatable bonds is 5. The Labute approximate surface area is 223 Å². The molecular formula is C30H43FLiNO2. The molecule has 0 saturated heterocycles. The number of ether oxygens (including phenoxy) is 1. The maximum Gasteiger partial charge on any atom is 1.00 e. The summed E-state index contributed by atoms with van der Waals surface area (Å²) in [4.78, 5) is 12.9. The molecular weight excluding hydrogens is 432 g/mol. The summed E-state index contributed by atoms with van der Waals surface area (Å²) in [5.74, 6) is 6.13. The second-order valence-electron chi connectivity index (χ2n) is 12.2. The minimum Gasteiger partial charge on any atom is -0.385 e. The van der Waals surface area contributed by atoms with Crippen molar-refractivity contribution in [3.8, 4) is 0 Å². The molecule has 35 heavy (non-hydrogen) atoms. The van der Waals surface area contributed by atoms with Crippen molar-refractivity contribution in [1.29, 1.82) is 0 Å². The summed E-state index contributed by atoms with van der Waals surface area (Å²) in [5, 5.41) is 3.30. The third kappa shape index (κ3) is 5.28. The molecule has 5 heteroatoms. The van der Waals surface area contributed by atoms with Gasteiger partial charge in [-0.05, 0) is 79.5 Å². The molecule has 0 bridgehead atoms. The third-order valence-corrected chi connectivity index (χ3v) is 10.6. The molecule has 8 atom stereocenters. The first kappa shape index (κ1) is 27.2. The van der Waals surface area contributed by atoms with E-state index in [0.717, 1.165) is 36.2 Å². The standard InChI is InChI=1S/C30H43FNO2.Li/c1-19(32-29(33)21-8-11-23(31)12-9-21)27-5-4-6-28-26-14-10-22-17-20(18-34-3)7-13-24(22)25(26)15-16-30(27,28)2;/h8-9,11-12,19-20,24-28H,4-7,10,13-18H2,1-3H3,(H,32,33);/q-1;+1/t19-,20-,24-,25?,26+,27+,28?,30+;/m0./s1. The van der Waals surface area contributed by atoms with Gasteiger partial charge in [-0.15, -0.1) is 0 Å². The van der Waals surface area contributed by atoms with Crippen LogP contribution in [0, 0.1) is 52.7 Å². The number of methoxy groups -OCH3 is 1. The van der Waals surface area contributed by atoms with Gasteiger partial charge in [0.2, 0.25) is 0 Å². The Balaban J connectivity index is 0.00000289. The van der Waals surface area contributed by atoms with Gasteiger partial charge in [0.1, 0.15) is 5.82 Å². The fourth-order valence-corrected chi connectivity index (χ4v) is 9.06. The SMILES string of the molecule is COC[C@H]1CC[C@H]2[C-](CC[C@@H]3C2CC[C@@]2(C)C3CCC[C@@H]2[C@H](C)NC(=O)c2ccc(F)cc2)C1.[Li+]. The number of carbonyl (C=O) groups excluding carboxylic acids is 1. The minimum absolute atomic E-state index is 0. The second-order valence-corrected chi connectivity index (χ2v) is 12.2. The zero-order chi connectivity index (χ0) is 23.9. The minimum atomic E-state index is -0.302. The van der Waals surface area contributed by atoms with Gasteiger partial charge in [-0.25, -0.2) is 4.39 Å². The van der Waals surface area contributed by atoms with Crippen molar-refractivity contribution in [1.82, 2.24) is 5.32 Å². The Morgan fingerprint density at radius 2 is 1.91 bits per heavy atom. The molecule has 0 aliphatic heterocycles. The number of amides is 1. The van der Waals surface area contributed by atoms with Gasteiger partial charge in [-0.1, -0.05) is 44.9 Å². The first-order chi connectivity index (χ1) is 16.4. The summed E-state index contributed by atoms with van der Waals surface area (Å²) < 4.78 is 18.8. The summed E-state index contributed by atoms with van der Waals surface area (Å²) in [6, 6.07) is 6.06. The fourth-order valence-electron chi connectivity index (χ4n) is 9.06. The van der Waals surface area contributed by atoms with E-state index >= 15 is 0 Å². The van der Waals surface area contributed by atoms with E-state index in [-0.39, 0.29) is 36.6 Å². The van der Waals surface area contributed by atoms with Crippen molar-refractivity contribution < 1.29 is 32.8 Å². The van der Waals surface area contributed by atoms with E-state index in [0.29, 0.717) is 16.9 Å². The Bertz CT molecular complexity index is 862. The number of nitrogens with one attached hydrogen (secondary N) is 1. The molecule has 0 heterocycles. The first-order valence-electron chi connectivity index (χ1n) is 13.8. The van der Waals surface area contributed by atoms with Crippen LogP contribution in [0.1, 0.15) is 88.4 Å². The van der Waals surface area contributed by atoms with Crippen molar-refractivity contribution in [2.75, 3.05) is 13.7 Å². The molecule has 0 radical (unpaired) electrons. The molecule has 4 aliphatic rings. The topological polar surface area (TPSA) is 38.3 Å². The van der Waals surface area contributed by atoms with Gasteiger partial charge in [0.15, 0.2) is 0 Å². The van der Waals surface area contributed by atoms with Crippen molar-refractivity contribution in [3.05, 3.63) is 41.6 Å². The van der Waals surface area contributed by atoms with Gasteiger partial charge >= 0.3 is 18.9 Å². The van der Waals surface area contributed by atoms with E-state index in [4.69, 9.17) is 4.74 Å². The van der Waals surface area contributed by atoms with Crippen LogP contribution in [0.15, 0.2) is 24.3 Å². The van der Waals surface area contributed by atoms with E-state index in [2.05, 4.69) is 19.2 Å². The molecule has 4 saturated carbocycles. The van der Waals surface area contributed by atoms with Gasteiger partial charge in [0, 0.05) is 25.3 Å². The smallest absolute Gasteiger partial charge is 0.385 e. The maximum atomic E-state index is 13.3. The third-order valence-electron chi connectivity index (χ3n) is 10.6. The molecule has 4 aliphatic carbocycles. The van der Waals surface area contributed by atoms with Crippen LogP contribution in [-0.2, 0) is 4.74 Å². The largest absolute Gasteiger partial charge is 1.00 e. The van der Waals surface area contributed by atoms with E-state index in [9.17, 15) is 9.18 Å². The summed E-state index contributed by atoms with van der Waals surface area (Å²) in [6.07, 6.45) is 13.2. The predicted octanol–water partition coefficient (Wildman–Crippen LogP) is 3.83. The number of carbonyl (C=O) groups is 1. The Morgan fingerprint density at radius 3 is 2.66 bits per heavy atom. The van der Waals surface area contributed by atoms with Gasteiger partial charge in [0.25, 0.3) is 5.91 Å². The zero-order valence-electron chi connectivity index (χ0n) is 22.3. The fraction of sp³-hybridized carbons (Fsp3) is 0.733. The van der Waals surface area contributed by atoms with Gasteiger partial charge in [0.05, 0.1) is 0 Å². The van der Waals surface area contributed by atoms with Crippen LogP contribution in [0.3, 0.4) is 0 Å². The van der Waals surface area contributed by atoms with E-state index in [1.54, 1.807) is 12.1 Å². The summed E-state index contributed by atoms with van der Waals surface area (Å²) in [5.41, 5.74) is 0.855. The molecule has 0 spiro atoms. The number of halogens is 1. The Morgan fingerprint density at radius 1 is 1.14 bits per heavy atom. The first-order valence-corrected chi connectivity index (χ1v) is 13.8. The predicted molar refractivity (Wildman–Crippen MR) is 134 cm³/mol.